The first-order valence-electron chi connectivity index (χ1n) is 5.45. The fraction of sp³-hybridized carbons (Fsp3) is 0.818. The molecule has 0 aliphatic rings. The molecule has 1 atom stereocenters. The van der Waals surface area contributed by atoms with Gasteiger partial charge in [-0.15, -0.1) is 0 Å². The molecule has 0 aliphatic heterocycles. The van der Waals surface area contributed by atoms with E-state index in [-0.39, 0.29) is 18.9 Å². The average Bonchev–Trinajstić information content (AvgIpc) is 2.14. The predicted molar refractivity (Wildman–Crippen MR) is 56.8 cm³/mol. The van der Waals surface area contributed by atoms with Crippen LogP contribution in [0.25, 0.3) is 0 Å². The van der Waals surface area contributed by atoms with Gasteiger partial charge < -0.3 is 9.84 Å². The van der Waals surface area contributed by atoms with E-state index in [4.69, 9.17) is 5.11 Å². The maximum atomic E-state index is 12.5. The van der Waals surface area contributed by atoms with E-state index in [1.54, 1.807) is 13.8 Å². The molecular formula is C11H18F2O4. The Bertz CT molecular complexity index is 267. The van der Waals surface area contributed by atoms with E-state index in [2.05, 4.69) is 4.74 Å². The van der Waals surface area contributed by atoms with Crippen molar-refractivity contribution in [3.63, 3.8) is 0 Å². The molecule has 1 N–H and O–H groups in total. The number of carbonyl (C=O) groups excluding carboxylic acids is 1. The minimum Gasteiger partial charge on any atom is -0.480 e. The van der Waals surface area contributed by atoms with Crippen LogP contribution in [0.1, 0.15) is 33.6 Å². The summed E-state index contributed by atoms with van der Waals surface area (Å²) in [4.78, 5) is 22.8. The van der Waals surface area contributed by atoms with Crippen LogP contribution in [-0.4, -0.2) is 30.1 Å². The highest BCUT2D eigenvalue weighted by atomic mass is 19.3. The molecule has 0 saturated heterocycles. The van der Waals surface area contributed by atoms with Crippen LogP contribution in [0.5, 0.6) is 0 Å². The number of halogens is 2. The molecule has 17 heavy (non-hydrogen) atoms. The summed E-state index contributed by atoms with van der Waals surface area (Å²) in [5.41, 5.74) is -2.14. The third-order valence-corrected chi connectivity index (χ3v) is 2.34. The Morgan fingerprint density at radius 2 is 1.82 bits per heavy atom. The number of hydrogen-bond donors (Lipinski definition) is 1. The van der Waals surface area contributed by atoms with Crippen molar-refractivity contribution in [3.8, 4) is 0 Å². The second kappa shape index (κ2) is 6.51. The van der Waals surface area contributed by atoms with Gasteiger partial charge in [0.05, 0.1) is 6.61 Å². The Labute approximate surface area is 99.0 Å². The van der Waals surface area contributed by atoms with E-state index < -0.39 is 30.2 Å². The van der Waals surface area contributed by atoms with Crippen molar-refractivity contribution in [2.75, 3.05) is 6.61 Å². The standard InChI is InChI=1S/C11H18F2O4/c1-4-17-10(16)11(9(14)15,5-7(2)3)6-8(12)13/h7-8H,4-6H2,1-3H3,(H,14,15). The second-order valence-electron chi connectivity index (χ2n) is 4.30. The van der Waals surface area contributed by atoms with Crippen LogP contribution < -0.4 is 0 Å². The summed E-state index contributed by atoms with van der Waals surface area (Å²) in [5.74, 6) is -2.83. The van der Waals surface area contributed by atoms with E-state index in [9.17, 15) is 18.4 Å². The number of ether oxygens (including phenoxy) is 1. The number of rotatable bonds is 7. The zero-order valence-corrected chi connectivity index (χ0v) is 10.2. The molecular weight excluding hydrogens is 234 g/mol. The number of carbonyl (C=O) groups is 2. The summed E-state index contributed by atoms with van der Waals surface area (Å²) in [6.45, 7) is 4.81. The van der Waals surface area contributed by atoms with Gasteiger partial charge in [-0.3, -0.25) is 9.59 Å². The van der Waals surface area contributed by atoms with Gasteiger partial charge in [-0.25, -0.2) is 8.78 Å². The van der Waals surface area contributed by atoms with Crippen molar-refractivity contribution in [3.05, 3.63) is 0 Å². The van der Waals surface area contributed by atoms with Gasteiger partial charge in [0.15, 0.2) is 5.41 Å². The van der Waals surface area contributed by atoms with E-state index in [1.807, 2.05) is 0 Å². The molecule has 0 aromatic heterocycles. The summed E-state index contributed by atoms with van der Waals surface area (Å²) < 4.78 is 29.6. The SMILES string of the molecule is CCOC(=O)C(CC(C)C)(CC(F)F)C(=O)O. The summed E-state index contributed by atoms with van der Waals surface area (Å²) >= 11 is 0. The maximum Gasteiger partial charge on any atom is 0.323 e. The quantitative estimate of drug-likeness (QED) is 0.558. The monoisotopic (exact) mass is 252 g/mol. The normalized spacial score (nSPS) is 14.8. The third kappa shape index (κ3) is 4.28. The van der Waals surface area contributed by atoms with Crippen LogP contribution in [0.2, 0.25) is 0 Å². The molecule has 6 heteroatoms. The smallest absolute Gasteiger partial charge is 0.323 e. The van der Waals surface area contributed by atoms with Gasteiger partial charge in [-0.05, 0) is 19.3 Å². The molecule has 0 aromatic rings. The van der Waals surface area contributed by atoms with Crippen molar-refractivity contribution in [1.82, 2.24) is 0 Å². The highest BCUT2D eigenvalue weighted by molar-refractivity contribution is 5.99. The zero-order chi connectivity index (χ0) is 13.6. The summed E-state index contributed by atoms with van der Waals surface area (Å²) in [6, 6.07) is 0. The number of hydrogen-bond acceptors (Lipinski definition) is 3. The molecule has 0 aromatic carbocycles. The molecule has 100 valence electrons. The number of alkyl halides is 2. The third-order valence-electron chi connectivity index (χ3n) is 2.34. The number of aliphatic carboxylic acids is 1. The molecule has 0 radical (unpaired) electrons. The predicted octanol–water partition coefficient (Wildman–Crippen LogP) is 2.32. The van der Waals surface area contributed by atoms with E-state index in [0.29, 0.717) is 0 Å². The topological polar surface area (TPSA) is 63.6 Å². The lowest BCUT2D eigenvalue weighted by molar-refractivity contribution is -0.173. The number of carboxylic acids is 1. The van der Waals surface area contributed by atoms with Crippen molar-refractivity contribution in [2.45, 2.75) is 40.0 Å². The largest absolute Gasteiger partial charge is 0.480 e. The van der Waals surface area contributed by atoms with Crippen molar-refractivity contribution >= 4 is 11.9 Å². The molecule has 0 amide bonds. The fourth-order valence-corrected chi connectivity index (χ4v) is 1.74. The summed E-state index contributed by atoms with van der Waals surface area (Å²) in [7, 11) is 0. The maximum absolute atomic E-state index is 12.5. The fourth-order valence-electron chi connectivity index (χ4n) is 1.74. The molecule has 0 heterocycles. The lowest BCUT2D eigenvalue weighted by Crippen LogP contribution is -2.43. The van der Waals surface area contributed by atoms with Crippen molar-refractivity contribution in [1.29, 1.82) is 0 Å². The number of esters is 1. The minimum atomic E-state index is -2.87. The lowest BCUT2D eigenvalue weighted by Gasteiger charge is -2.28. The first kappa shape index (κ1) is 15.8. The van der Waals surface area contributed by atoms with Crippen LogP contribution in [0.4, 0.5) is 8.78 Å². The molecule has 0 rings (SSSR count). The second-order valence-corrected chi connectivity index (χ2v) is 4.30. The molecule has 4 nitrogen and oxygen atoms in total. The zero-order valence-electron chi connectivity index (χ0n) is 10.2. The Morgan fingerprint density at radius 1 is 1.29 bits per heavy atom. The molecule has 0 fully saturated rings. The molecule has 0 aliphatic carbocycles. The van der Waals surface area contributed by atoms with Gasteiger partial charge in [0, 0.05) is 6.42 Å². The Kier molecular flexibility index (Phi) is 6.05. The highest BCUT2D eigenvalue weighted by Gasteiger charge is 2.49. The van der Waals surface area contributed by atoms with Gasteiger partial charge >= 0.3 is 11.9 Å². The van der Waals surface area contributed by atoms with Gasteiger partial charge in [-0.1, -0.05) is 13.8 Å². The first-order chi connectivity index (χ1) is 7.76. The van der Waals surface area contributed by atoms with Crippen LogP contribution in [0.15, 0.2) is 0 Å². The number of carboxylic acid groups (broad SMARTS) is 1. The highest BCUT2D eigenvalue weighted by Crippen LogP contribution is 2.35. The van der Waals surface area contributed by atoms with Crippen molar-refractivity contribution in [2.24, 2.45) is 11.3 Å². The van der Waals surface area contributed by atoms with Crippen LogP contribution in [0.3, 0.4) is 0 Å². The Morgan fingerprint density at radius 3 is 2.12 bits per heavy atom. The molecule has 0 spiro atoms. The van der Waals surface area contributed by atoms with Gasteiger partial charge in [0.2, 0.25) is 6.43 Å². The van der Waals surface area contributed by atoms with Gasteiger partial charge in [-0.2, -0.15) is 0 Å². The van der Waals surface area contributed by atoms with Crippen LogP contribution in [0, 0.1) is 11.3 Å². The van der Waals surface area contributed by atoms with Crippen LogP contribution >= 0.6 is 0 Å². The van der Waals surface area contributed by atoms with Gasteiger partial charge in [0.25, 0.3) is 0 Å². The Hall–Kier alpha value is -1.20. The minimum absolute atomic E-state index is 0.0325. The summed E-state index contributed by atoms with van der Waals surface area (Å²) in [6.07, 6.45) is -4.04. The summed E-state index contributed by atoms with van der Waals surface area (Å²) in [5, 5.41) is 9.08. The van der Waals surface area contributed by atoms with Crippen LogP contribution in [-0.2, 0) is 14.3 Å². The Balaban J connectivity index is 5.23. The molecule has 1 unspecified atom stereocenters. The lowest BCUT2D eigenvalue weighted by atomic mass is 9.77. The average molecular weight is 252 g/mol. The molecule has 0 saturated carbocycles. The van der Waals surface area contributed by atoms with E-state index in [1.165, 1.54) is 6.92 Å². The van der Waals surface area contributed by atoms with Crippen molar-refractivity contribution < 1.29 is 28.2 Å². The first-order valence-corrected chi connectivity index (χ1v) is 5.45. The molecule has 0 bridgehead atoms. The van der Waals surface area contributed by atoms with E-state index >= 15 is 0 Å². The van der Waals surface area contributed by atoms with Gasteiger partial charge in [0.1, 0.15) is 0 Å². The van der Waals surface area contributed by atoms with E-state index in [0.717, 1.165) is 0 Å².